The first kappa shape index (κ1) is 5.04. The molecule has 0 fully saturated rings. The topological polar surface area (TPSA) is 17.1 Å². The Labute approximate surface area is 48.0 Å². The van der Waals surface area contributed by atoms with Gasteiger partial charge in [0, 0.05) is 0 Å². The number of rotatable bonds is 0. The van der Waals surface area contributed by atoms with Crippen molar-refractivity contribution in [3.8, 4) is 0 Å². The van der Waals surface area contributed by atoms with Crippen LogP contribution in [0.25, 0.3) is 0 Å². The number of allylic oxidation sites excluding steroid dienone is 5. The van der Waals surface area contributed by atoms with E-state index in [2.05, 4.69) is 6.58 Å². The number of carbonyl (C=O) groups excluding carboxylic acids is 1. The van der Waals surface area contributed by atoms with Gasteiger partial charge in [0.05, 0.1) is 0 Å². The molecule has 0 heterocycles. The molecule has 0 aromatic rings. The van der Waals surface area contributed by atoms with Crippen LogP contribution in [-0.4, -0.2) is 5.78 Å². The minimum absolute atomic E-state index is 0.0393. The first-order valence-electron chi connectivity index (χ1n) is 2.38. The van der Waals surface area contributed by atoms with Crippen LogP contribution in [0, 0.1) is 0 Å². The molecule has 0 spiro atoms. The largest absolute Gasteiger partial charge is 0.290 e. The van der Waals surface area contributed by atoms with Crippen molar-refractivity contribution in [2.45, 2.75) is 0 Å². The highest BCUT2D eigenvalue weighted by Gasteiger charge is 1.93. The van der Waals surface area contributed by atoms with Gasteiger partial charge >= 0.3 is 0 Å². The average molecular weight is 106 g/mol. The molecule has 0 N–H and O–H groups in total. The molecule has 0 radical (unpaired) electrons. The molecule has 1 heteroatoms. The van der Waals surface area contributed by atoms with Crippen LogP contribution >= 0.6 is 0 Å². The number of hydrogen-bond donors (Lipinski definition) is 0. The van der Waals surface area contributed by atoms with E-state index in [1.54, 1.807) is 12.2 Å². The Morgan fingerprint density at radius 1 is 1.12 bits per heavy atom. The van der Waals surface area contributed by atoms with E-state index in [-0.39, 0.29) is 5.78 Å². The molecule has 1 rings (SSSR count). The fraction of sp³-hybridized carbons (Fsp3) is 0. The highest BCUT2D eigenvalue weighted by molar-refractivity contribution is 6.01. The van der Waals surface area contributed by atoms with Gasteiger partial charge in [-0.3, -0.25) is 4.79 Å². The SMILES string of the molecule is C=C1C=CC(=O)C=C1. The second kappa shape index (κ2) is 1.78. The van der Waals surface area contributed by atoms with E-state index in [1.807, 2.05) is 0 Å². The first-order valence-corrected chi connectivity index (χ1v) is 2.38. The third kappa shape index (κ3) is 0.936. The summed E-state index contributed by atoms with van der Waals surface area (Å²) in [5.41, 5.74) is 0.879. The van der Waals surface area contributed by atoms with E-state index in [0.29, 0.717) is 0 Å². The fourth-order valence-electron chi connectivity index (χ4n) is 0.489. The summed E-state index contributed by atoms with van der Waals surface area (Å²) in [6, 6.07) is 0. The summed E-state index contributed by atoms with van der Waals surface area (Å²) in [4.78, 5) is 10.4. The molecule has 0 unspecified atom stereocenters. The zero-order valence-electron chi connectivity index (χ0n) is 4.42. The number of carbonyl (C=O) groups is 1. The van der Waals surface area contributed by atoms with Crippen molar-refractivity contribution in [1.29, 1.82) is 0 Å². The van der Waals surface area contributed by atoms with Crippen LogP contribution in [0.2, 0.25) is 0 Å². The molecule has 1 aliphatic rings. The van der Waals surface area contributed by atoms with Crippen LogP contribution in [0.4, 0.5) is 0 Å². The van der Waals surface area contributed by atoms with Crippen molar-refractivity contribution in [1.82, 2.24) is 0 Å². The van der Waals surface area contributed by atoms with Crippen molar-refractivity contribution >= 4 is 5.78 Å². The quantitative estimate of drug-likeness (QED) is 0.454. The summed E-state index contributed by atoms with van der Waals surface area (Å²) in [6.45, 7) is 3.62. The van der Waals surface area contributed by atoms with E-state index < -0.39 is 0 Å². The summed E-state index contributed by atoms with van der Waals surface area (Å²) in [6.07, 6.45) is 6.40. The molecule has 8 heavy (non-hydrogen) atoms. The summed E-state index contributed by atoms with van der Waals surface area (Å²) < 4.78 is 0. The lowest BCUT2D eigenvalue weighted by atomic mass is 10.1. The molecule has 0 aliphatic heterocycles. The van der Waals surface area contributed by atoms with E-state index in [4.69, 9.17) is 0 Å². The molecule has 0 aromatic carbocycles. The molecule has 0 aromatic heterocycles. The molecule has 0 saturated carbocycles. The molecular formula is C7H6O. The highest BCUT2D eigenvalue weighted by atomic mass is 16.1. The second-order valence-electron chi connectivity index (χ2n) is 1.64. The van der Waals surface area contributed by atoms with Crippen molar-refractivity contribution in [2.75, 3.05) is 0 Å². The van der Waals surface area contributed by atoms with Gasteiger partial charge in [-0.1, -0.05) is 18.7 Å². The van der Waals surface area contributed by atoms with Gasteiger partial charge in [0.2, 0.25) is 0 Å². The van der Waals surface area contributed by atoms with Crippen LogP contribution in [0.1, 0.15) is 0 Å². The van der Waals surface area contributed by atoms with Crippen LogP contribution in [0.15, 0.2) is 36.5 Å². The van der Waals surface area contributed by atoms with Gasteiger partial charge in [-0.2, -0.15) is 0 Å². The Bertz CT molecular complexity index is 147. The molecule has 40 valence electrons. The smallest absolute Gasteiger partial charge is 0.178 e. The predicted molar refractivity (Wildman–Crippen MR) is 32.4 cm³/mol. The standard InChI is InChI=1S/C7H6O/c1-6-2-4-7(8)5-3-6/h2-5H,1H2. The Hall–Kier alpha value is -1.11. The molecule has 0 amide bonds. The van der Waals surface area contributed by atoms with Crippen molar-refractivity contribution in [3.05, 3.63) is 36.5 Å². The molecular weight excluding hydrogens is 100 g/mol. The van der Waals surface area contributed by atoms with E-state index in [0.717, 1.165) is 5.57 Å². The lowest BCUT2D eigenvalue weighted by Crippen LogP contribution is -1.89. The van der Waals surface area contributed by atoms with Gasteiger partial charge in [-0.15, -0.1) is 0 Å². The van der Waals surface area contributed by atoms with Gasteiger partial charge in [-0.25, -0.2) is 0 Å². The number of hydrogen-bond acceptors (Lipinski definition) is 1. The van der Waals surface area contributed by atoms with Gasteiger partial charge in [0.1, 0.15) is 0 Å². The predicted octanol–water partition coefficient (Wildman–Crippen LogP) is 1.24. The number of ketones is 1. The summed E-state index contributed by atoms with van der Waals surface area (Å²) in [5.74, 6) is 0.0393. The lowest BCUT2D eigenvalue weighted by molar-refractivity contribution is -0.110. The maximum atomic E-state index is 10.4. The first-order chi connectivity index (χ1) is 3.79. The summed E-state index contributed by atoms with van der Waals surface area (Å²) in [7, 11) is 0. The van der Waals surface area contributed by atoms with Crippen molar-refractivity contribution in [3.63, 3.8) is 0 Å². The van der Waals surface area contributed by atoms with Crippen LogP contribution in [0.3, 0.4) is 0 Å². The molecule has 0 atom stereocenters. The summed E-state index contributed by atoms with van der Waals surface area (Å²) >= 11 is 0. The fourth-order valence-corrected chi connectivity index (χ4v) is 0.489. The second-order valence-corrected chi connectivity index (χ2v) is 1.64. The third-order valence-corrected chi connectivity index (χ3v) is 0.923. The molecule has 1 nitrogen and oxygen atoms in total. The minimum Gasteiger partial charge on any atom is -0.290 e. The van der Waals surface area contributed by atoms with E-state index in [1.165, 1.54) is 12.2 Å². The maximum Gasteiger partial charge on any atom is 0.178 e. The molecule has 0 bridgehead atoms. The Kier molecular flexibility index (Phi) is 1.12. The Balaban J connectivity index is 2.83. The normalized spacial score (nSPS) is 17.5. The van der Waals surface area contributed by atoms with Gasteiger partial charge < -0.3 is 0 Å². The van der Waals surface area contributed by atoms with Crippen LogP contribution in [0.5, 0.6) is 0 Å². The van der Waals surface area contributed by atoms with Crippen molar-refractivity contribution < 1.29 is 4.79 Å². The van der Waals surface area contributed by atoms with Crippen molar-refractivity contribution in [2.24, 2.45) is 0 Å². The Morgan fingerprint density at radius 2 is 1.62 bits per heavy atom. The zero-order chi connectivity index (χ0) is 5.98. The minimum atomic E-state index is 0.0393. The van der Waals surface area contributed by atoms with Gasteiger partial charge in [0.15, 0.2) is 5.78 Å². The monoisotopic (exact) mass is 106 g/mol. The molecule has 0 saturated heterocycles. The average Bonchev–Trinajstić information content (AvgIpc) is 1.77. The van der Waals surface area contributed by atoms with Crippen LogP contribution < -0.4 is 0 Å². The lowest BCUT2D eigenvalue weighted by Gasteiger charge is -1.92. The third-order valence-electron chi connectivity index (χ3n) is 0.923. The van der Waals surface area contributed by atoms with Crippen LogP contribution in [-0.2, 0) is 4.79 Å². The maximum absolute atomic E-state index is 10.4. The van der Waals surface area contributed by atoms with E-state index in [9.17, 15) is 4.79 Å². The Morgan fingerprint density at radius 3 is 2.00 bits per heavy atom. The van der Waals surface area contributed by atoms with Gasteiger partial charge in [0.25, 0.3) is 0 Å². The zero-order valence-corrected chi connectivity index (χ0v) is 4.42. The highest BCUT2D eigenvalue weighted by Crippen LogP contribution is 2.00. The summed E-state index contributed by atoms with van der Waals surface area (Å²) in [5, 5.41) is 0. The molecule has 1 aliphatic carbocycles. The van der Waals surface area contributed by atoms with E-state index >= 15 is 0 Å². The van der Waals surface area contributed by atoms with Gasteiger partial charge in [-0.05, 0) is 17.7 Å².